The van der Waals surface area contributed by atoms with E-state index < -0.39 is 0 Å². The van der Waals surface area contributed by atoms with Gasteiger partial charge in [-0.25, -0.2) is 0 Å². The highest BCUT2D eigenvalue weighted by atomic mass is 15.2. The van der Waals surface area contributed by atoms with Crippen molar-refractivity contribution in [3.05, 3.63) is 18.5 Å². The van der Waals surface area contributed by atoms with Crippen molar-refractivity contribution < 1.29 is 0 Å². The zero-order valence-corrected chi connectivity index (χ0v) is 11.5. The van der Waals surface area contributed by atoms with Gasteiger partial charge in [-0.05, 0) is 24.8 Å². The Hall–Kier alpha value is -1.25. The number of hydrogen-bond acceptors (Lipinski definition) is 3. The van der Waals surface area contributed by atoms with Crippen molar-refractivity contribution >= 4 is 11.4 Å². The van der Waals surface area contributed by atoms with Crippen LogP contribution in [0.3, 0.4) is 0 Å². The molecule has 1 heterocycles. The highest BCUT2D eigenvalue weighted by Gasteiger charge is 2.17. The van der Waals surface area contributed by atoms with Crippen molar-refractivity contribution in [1.82, 2.24) is 4.98 Å². The quantitative estimate of drug-likeness (QED) is 0.822. The summed E-state index contributed by atoms with van der Waals surface area (Å²) in [6.07, 6.45) is 5.91. The zero-order valence-electron chi connectivity index (χ0n) is 11.5. The van der Waals surface area contributed by atoms with E-state index >= 15 is 0 Å². The lowest BCUT2D eigenvalue weighted by atomic mass is 10.1. The second-order valence-corrected chi connectivity index (χ2v) is 4.99. The average molecular weight is 235 g/mol. The molecule has 1 aromatic rings. The van der Waals surface area contributed by atoms with Crippen LogP contribution in [0.15, 0.2) is 18.5 Å². The van der Waals surface area contributed by atoms with Crippen molar-refractivity contribution in [1.29, 1.82) is 0 Å². The van der Waals surface area contributed by atoms with Crippen LogP contribution in [0.1, 0.15) is 40.5 Å². The summed E-state index contributed by atoms with van der Waals surface area (Å²) in [7, 11) is 0. The molecule has 0 aliphatic carbocycles. The van der Waals surface area contributed by atoms with Gasteiger partial charge < -0.3 is 10.6 Å². The van der Waals surface area contributed by atoms with E-state index in [0.29, 0.717) is 12.0 Å². The van der Waals surface area contributed by atoms with Crippen LogP contribution in [-0.4, -0.2) is 17.6 Å². The normalized spacial score (nSPS) is 11.2. The van der Waals surface area contributed by atoms with Gasteiger partial charge >= 0.3 is 0 Å². The number of rotatable bonds is 6. The fraction of sp³-hybridized carbons (Fsp3) is 0.643. The lowest BCUT2D eigenvalue weighted by Gasteiger charge is -2.34. The molecule has 0 atom stereocenters. The molecule has 0 fully saturated rings. The van der Waals surface area contributed by atoms with Gasteiger partial charge in [-0.3, -0.25) is 4.98 Å². The van der Waals surface area contributed by atoms with Gasteiger partial charge in [-0.15, -0.1) is 0 Å². The molecule has 2 N–H and O–H groups in total. The maximum Gasteiger partial charge on any atom is 0.0576 e. The first-order chi connectivity index (χ1) is 8.08. The maximum absolute atomic E-state index is 5.82. The molecule has 3 nitrogen and oxygen atoms in total. The van der Waals surface area contributed by atoms with E-state index in [1.807, 2.05) is 12.3 Å². The van der Waals surface area contributed by atoms with Crippen molar-refractivity contribution in [2.24, 2.45) is 5.92 Å². The first-order valence-corrected chi connectivity index (χ1v) is 6.55. The summed E-state index contributed by atoms with van der Waals surface area (Å²) in [6, 6.07) is 2.59. The molecule has 1 aromatic heterocycles. The minimum Gasteiger partial charge on any atom is -0.397 e. The first-order valence-electron chi connectivity index (χ1n) is 6.55. The molecule has 0 aliphatic rings. The second-order valence-electron chi connectivity index (χ2n) is 4.99. The standard InChI is InChI=1S/C14H25N3/c1-5-13(6-2)17(10-11(3)4)14-7-12(15)8-16-9-14/h7-9,11,13H,5-6,10,15H2,1-4H3. The van der Waals surface area contributed by atoms with E-state index in [4.69, 9.17) is 5.73 Å². The average Bonchev–Trinajstić information content (AvgIpc) is 2.29. The Morgan fingerprint density at radius 3 is 2.35 bits per heavy atom. The van der Waals surface area contributed by atoms with Crippen LogP contribution in [0.2, 0.25) is 0 Å². The van der Waals surface area contributed by atoms with Crippen molar-refractivity contribution in [3.8, 4) is 0 Å². The third kappa shape index (κ3) is 3.91. The molecule has 17 heavy (non-hydrogen) atoms. The second kappa shape index (κ2) is 6.48. The van der Waals surface area contributed by atoms with Gasteiger partial charge in [0.15, 0.2) is 0 Å². The fourth-order valence-electron chi connectivity index (χ4n) is 2.19. The van der Waals surface area contributed by atoms with Crippen molar-refractivity contribution in [2.75, 3.05) is 17.2 Å². The van der Waals surface area contributed by atoms with Gasteiger partial charge in [0, 0.05) is 18.8 Å². The van der Waals surface area contributed by atoms with E-state index in [0.717, 1.165) is 30.8 Å². The number of nitrogens with two attached hydrogens (primary N) is 1. The van der Waals surface area contributed by atoms with Gasteiger partial charge in [0.25, 0.3) is 0 Å². The van der Waals surface area contributed by atoms with Gasteiger partial charge in [0.2, 0.25) is 0 Å². The van der Waals surface area contributed by atoms with E-state index in [2.05, 4.69) is 37.6 Å². The smallest absolute Gasteiger partial charge is 0.0576 e. The van der Waals surface area contributed by atoms with Gasteiger partial charge in [-0.2, -0.15) is 0 Å². The molecule has 3 heteroatoms. The van der Waals surface area contributed by atoms with Gasteiger partial charge in [0.05, 0.1) is 17.6 Å². The van der Waals surface area contributed by atoms with E-state index in [1.54, 1.807) is 6.20 Å². The first kappa shape index (κ1) is 13.8. The van der Waals surface area contributed by atoms with E-state index in [1.165, 1.54) is 0 Å². The van der Waals surface area contributed by atoms with Crippen LogP contribution in [-0.2, 0) is 0 Å². The zero-order chi connectivity index (χ0) is 12.8. The molecular formula is C14H25N3. The summed E-state index contributed by atoms with van der Waals surface area (Å²) in [6.45, 7) is 10.0. The molecular weight excluding hydrogens is 210 g/mol. The maximum atomic E-state index is 5.82. The Labute approximate surface area is 105 Å². The molecule has 0 aromatic carbocycles. The predicted octanol–water partition coefficient (Wildman–Crippen LogP) is 3.31. The fourth-order valence-corrected chi connectivity index (χ4v) is 2.19. The third-order valence-electron chi connectivity index (χ3n) is 3.02. The molecule has 0 saturated carbocycles. The third-order valence-corrected chi connectivity index (χ3v) is 3.02. The summed E-state index contributed by atoms with van der Waals surface area (Å²) in [5.41, 5.74) is 7.70. The Balaban J connectivity index is 2.96. The number of pyridine rings is 1. The summed E-state index contributed by atoms with van der Waals surface area (Å²) in [5, 5.41) is 0. The summed E-state index contributed by atoms with van der Waals surface area (Å²) in [5.74, 6) is 0.636. The van der Waals surface area contributed by atoms with Crippen LogP contribution in [0.5, 0.6) is 0 Å². The number of nitrogens with zero attached hydrogens (tertiary/aromatic N) is 2. The predicted molar refractivity (Wildman–Crippen MR) is 75.2 cm³/mol. The highest BCUT2D eigenvalue weighted by molar-refractivity contribution is 5.54. The molecule has 0 bridgehead atoms. The van der Waals surface area contributed by atoms with Crippen LogP contribution in [0.4, 0.5) is 11.4 Å². The Morgan fingerprint density at radius 2 is 1.88 bits per heavy atom. The van der Waals surface area contributed by atoms with Crippen LogP contribution >= 0.6 is 0 Å². The highest BCUT2D eigenvalue weighted by Crippen LogP contribution is 2.22. The number of nitrogen functional groups attached to an aromatic ring is 1. The minimum atomic E-state index is 0.570. The van der Waals surface area contributed by atoms with E-state index in [-0.39, 0.29) is 0 Å². The van der Waals surface area contributed by atoms with Gasteiger partial charge in [0.1, 0.15) is 0 Å². The van der Waals surface area contributed by atoms with Crippen LogP contribution < -0.4 is 10.6 Å². The topological polar surface area (TPSA) is 42.2 Å². The summed E-state index contributed by atoms with van der Waals surface area (Å²) < 4.78 is 0. The van der Waals surface area contributed by atoms with E-state index in [9.17, 15) is 0 Å². The largest absolute Gasteiger partial charge is 0.397 e. The summed E-state index contributed by atoms with van der Waals surface area (Å²) >= 11 is 0. The number of hydrogen-bond donors (Lipinski definition) is 1. The molecule has 0 radical (unpaired) electrons. The number of anilines is 2. The molecule has 0 spiro atoms. The van der Waals surface area contributed by atoms with Gasteiger partial charge in [-0.1, -0.05) is 27.7 Å². The molecule has 1 rings (SSSR count). The molecule has 0 unspecified atom stereocenters. The molecule has 96 valence electrons. The Bertz CT molecular complexity index is 332. The molecule has 0 amide bonds. The lowest BCUT2D eigenvalue weighted by Crippen LogP contribution is -2.37. The number of aromatic nitrogens is 1. The molecule has 0 aliphatic heterocycles. The molecule has 0 saturated heterocycles. The Morgan fingerprint density at radius 1 is 1.24 bits per heavy atom. The van der Waals surface area contributed by atoms with Crippen LogP contribution in [0.25, 0.3) is 0 Å². The minimum absolute atomic E-state index is 0.570. The monoisotopic (exact) mass is 235 g/mol. The lowest BCUT2D eigenvalue weighted by molar-refractivity contribution is 0.507. The van der Waals surface area contributed by atoms with Crippen molar-refractivity contribution in [2.45, 2.75) is 46.6 Å². The van der Waals surface area contributed by atoms with Crippen LogP contribution in [0, 0.1) is 5.92 Å². The summed E-state index contributed by atoms with van der Waals surface area (Å²) in [4.78, 5) is 6.64. The Kier molecular flexibility index (Phi) is 5.26. The SMILES string of the molecule is CCC(CC)N(CC(C)C)c1cncc(N)c1. The van der Waals surface area contributed by atoms with Crippen molar-refractivity contribution in [3.63, 3.8) is 0 Å².